The van der Waals surface area contributed by atoms with Crippen molar-refractivity contribution in [2.75, 3.05) is 0 Å². The van der Waals surface area contributed by atoms with Crippen LogP contribution in [0.2, 0.25) is 0 Å². The maximum absolute atomic E-state index is 13.1. The van der Waals surface area contributed by atoms with Gasteiger partial charge in [0.15, 0.2) is 0 Å². The van der Waals surface area contributed by atoms with Gasteiger partial charge in [0.1, 0.15) is 5.82 Å². The van der Waals surface area contributed by atoms with E-state index >= 15 is 0 Å². The second-order valence-corrected chi connectivity index (χ2v) is 5.47. The highest BCUT2D eigenvalue weighted by atomic mass is 19.1. The van der Waals surface area contributed by atoms with E-state index in [1.54, 1.807) is 24.4 Å². The topological polar surface area (TPSA) is 87.6 Å². The molecule has 0 atom stereocenters. The molecule has 4 N–H and O–H groups in total. The number of benzene rings is 2. The molecule has 0 spiro atoms. The van der Waals surface area contributed by atoms with E-state index in [9.17, 15) is 9.18 Å². The van der Waals surface area contributed by atoms with Crippen molar-refractivity contribution in [3.05, 3.63) is 66.1 Å². The third kappa shape index (κ3) is 2.25. The maximum Gasteiger partial charge on any atom is 0.250 e. The van der Waals surface area contributed by atoms with Gasteiger partial charge in [-0.05, 0) is 48.0 Å². The molecule has 24 heavy (non-hydrogen) atoms. The Morgan fingerprint density at radius 3 is 2.50 bits per heavy atom. The van der Waals surface area contributed by atoms with Crippen LogP contribution in [0.4, 0.5) is 4.39 Å². The highest BCUT2D eigenvalue weighted by Crippen LogP contribution is 2.33. The van der Waals surface area contributed by atoms with Crippen LogP contribution in [0.25, 0.3) is 33.4 Å². The fraction of sp³-hybridized carbons (Fsp3) is 0. The van der Waals surface area contributed by atoms with Crippen LogP contribution in [0.3, 0.4) is 0 Å². The van der Waals surface area contributed by atoms with Gasteiger partial charge in [-0.25, -0.2) is 4.39 Å². The zero-order valence-corrected chi connectivity index (χ0v) is 12.5. The molecule has 0 unspecified atom stereocenters. The number of H-pyrrole nitrogens is 2. The number of aromatic nitrogens is 3. The summed E-state index contributed by atoms with van der Waals surface area (Å²) in [6.45, 7) is 0. The standard InChI is InChI=1S/C18H13FN4O/c19-11-3-1-10(2-4-11)16-9-14-12(15-7-8-21-23-15)5-6-13(18(20)24)17(14)22-16/h1-9,22H,(H2,20,24)(H,21,23). The summed E-state index contributed by atoms with van der Waals surface area (Å²) in [5.41, 5.74) is 9.87. The average Bonchev–Trinajstić information content (AvgIpc) is 3.24. The van der Waals surface area contributed by atoms with Crippen molar-refractivity contribution in [2.24, 2.45) is 5.73 Å². The van der Waals surface area contributed by atoms with Gasteiger partial charge in [-0.1, -0.05) is 6.07 Å². The Kier molecular flexibility index (Phi) is 3.16. The van der Waals surface area contributed by atoms with Gasteiger partial charge in [0.05, 0.1) is 16.8 Å². The first-order valence-corrected chi connectivity index (χ1v) is 7.34. The predicted molar refractivity (Wildman–Crippen MR) is 89.8 cm³/mol. The van der Waals surface area contributed by atoms with Crippen molar-refractivity contribution < 1.29 is 9.18 Å². The fourth-order valence-electron chi connectivity index (χ4n) is 2.85. The summed E-state index contributed by atoms with van der Waals surface area (Å²) in [4.78, 5) is 15.0. The van der Waals surface area contributed by atoms with Crippen LogP contribution in [-0.2, 0) is 0 Å². The Bertz CT molecular complexity index is 1030. The SMILES string of the molecule is NC(=O)c1ccc(-c2ccn[nH]2)c2cc(-c3ccc(F)cc3)[nH]c12. The number of carbonyl (C=O) groups is 1. The maximum atomic E-state index is 13.1. The lowest BCUT2D eigenvalue weighted by atomic mass is 10.0. The number of nitrogens with two attached hydrogens (primary N) is 1. The van der Waals surface area contributed by atoms with Crippen molar-refractivity contribution in [3.63, 3.8) is 0 Å². The minimum absolute atomic E-state index is 0.300. The molecule has 2 aromatic heterocycles. The van der Waals surface area contributed by atoms with E-state index < -0.39 is 5.91 Å². The largest absolute Gasteiger partial charge is 0.366 e. The number of aromatic amines is 2. The highest BCUT2D eigenvalue weighted by molar-refractivity contribution is 6.10. The van der Waals surface area contributed by atoms with Crippen LogP contribution in [0.1, 0.15) is 10.4 Å². The number of primary amides is 1. The molecule has 2 aromatic carbocycles. The molecule has 118 valence electrons. The molecule has 0 aliphatic carbocycles. The Balaban J connectivity index is 1.98. The highest BCUT2D eigenvalue weighted by Gasteiger charge is 2.15. The summed E-state index contributed by atoms with van der Waals surface area (Å²) in [5.74, 6) is -0.811. The van der Waals surface area contributed by atoms with E-state index in [4.69, 9.17) is 5.73 Å². The Morgan fingerprint density at radius 1 is 1.04 bits per heavy atom. The number of hydrogen-bond acceptors (Lipinski definition) is 2. The van der Waals surface area contributed by atoms with Gasteiger partial charge in [-0.3, -0.25) is 9.89 Å². The van der Waals surface area contributed by atoms with Gasteiger partial charge in [0, 0.05) is 22.8 Å². The van der Waals surface area contributed by atoms with E-state index in [1.165, 1.54) is 12.1 Å². The van der Waals surface area contributed by atoms with Crippen molar-refractivity contribution in [2.45, 2.75) is 0 Å². The number of halogens is 1. The molecule has 0 aliphatic rings. The zero-order valence-electron chi connectivity index (χ0n) is 12.5. The number of hydrogen-bond donors (Lipinski definition) is 3. The lowest BCUT2D eigenvalue weighted by Gasteiger charge is -2.03. The van der Waals surface area contributed by atoms with Crippen LogP contribution in [-0.4, -0.2) is 21.1 Å². The number of rotatable bonds is 3. The molecule has 4 aromatic rings. The zero-order chi connectivity index (χ0) is 16.7. The molecule has 0 saturated heterocycles. The molecule has 0 fully saturated rings. The quantitative estimate of drug-likeness (QED) is 0.540. The lowest BCUT2D eigenvalue weighted by Crippen LogP contribution is -2.11. The first-order valence-electron chi connectivity index (χ1n) is 7.34. The normalized spacial score (nSPS) is 11.0. The molecule has 1 amide bonds. The van der Waals surface area contributed by atoms with Gasteiger partial charge in [-0.15, -0.1) is 0 Å². The smallest absolute Gasteiger partial charge is 0.250 e. The van der Waals surface area contributed by atoms with E-state index in [2.05, 4.69) is 15.2 Å². The number of nitrogens with zero attached hydrogens (tertiary/aromatic N) is 1. The van der Waals surface area contributed by atoms with Gasteiger partial charge in [-0.2, -0.15) is 5.10 Å². The molecular weight excluding hydrogens is 307 g/mol. The molecule has 2 heterocycles. The van der Waals surface area contributed by atoms with Gasteiger partial charge < -0.3 is 10.7 Å². The molecule has 0 bridgehead atoms. The summed E-state index contributed by atoms with van der Waals surface area (Å²) < 4.78 is 13.1. The van der Waals surface area contributed by atoms with Gasteiger partial charge in [0.2, 0.25) is 0 Å². The van der Waals surface area contributed by atoms with Crippen molar-refractivity contribution in [3.8, 4) is 22.5 Å². The third-order valence-electron chi connectivity index (χ3n) is 4.01. The summed E-state index contributed by atoms with van der Waals surface area (Å²) in [6.07, 6.45) is 1.66. The van der Waals surface area contributed by atoms with Crippen molar-refractivity contribution in [1.82, 2.24) is 15.2 Å². The van der Waals surface area contributed by atoms with Crippen LogP contribution >= 0.6 is 0 Å². The van der Waals surface area contributed by atoms with E-state index in [1.807, 2.05) is 18.2 Å². The van der Waals surface area contributed by atoms with Gasteiger partial charge >= 0.3 is 0 Å². The second-order valence-electron chi connectivity index (χ2n) is 5.47. The number of fused-ring (bicyclic) bond motifs is 1. The number of amides is 1. The first kappa shape index (κ1) is 14.2. The molecular formula is C18H13FN4O. The summed E-state index contributed by atoms with van der Waals surface area (Å²) in [6, 6.07) is 13.4. The van der Waals surface area contributed by atoms with E-state index in [-0.39, 0.29) is 5.82 Å². The average molecular weight is 320 g/mol. The van der Waals surface area contributed by atoms with Crippen molar-refractivity contribution >= 4 is 16.8 Å². The Labute approximate surface area is 136 Å². The lowest BCUT2D eigenvalue weighted by molar-refractivity contribution is 0.100. The molecule has 0 radical (unpaired) electrons. The minimum Gasteiger partial charge on any atom is -0.366 e. The van der Waals surface area contributed by atoms with E-state index in [0.29, 0.717) is 11.1 Å². The first-order chi connectivity index (χ1) is 11.6. The van der Waals surface area contributed by atoms with Crippen LogP contribution in [0.15, 0.2) is 54.7 Å². The minimum atomic E-state index is -0.510. The molecule has 0 aliphatic heterocycles. The Morgan fingerprint density at radius 2 is 1.83 bits per heavy atom. The van der Waals surface area contributed by atoms with Crippen LogP contribution < -0.4 is 5.73 Å². The molecule has 5 nitrogen and oxygen atoms in total. The van der Waals surface area contributed by atoms with Crippen molar-refractivity contribution in [1.29, 1.82) is 0 Å². The number of nitrogens with one attached hydrogen (secondary N) is 2. The van der Waals surface area contributed by atoms with Gasteiger partial charge in [0.25, 0.3) is 5.91 Å². The molecule has 4 rings (SSSR count). The third-order valence-corrected chi connectivity index (χ3v) is 4.01. The second kappa shape index (κ2) is 5.34. The summed E-state index contributed by atoms with van der Waals surface area (Å²) in [5, 5.41) is 7.73. The predicted octanol–water partition coefficient (Wildman–Crippen LogP) is 3.46. The summed E-state index contributed by atoms with van der Waals surface area (Å²) >= 11 is 0. The van der Waals surface area contributed by atoms with Crippen LogP contribution in [0, 0.1) is 5.82 Å². The molecule has 6 heteroatoms. The Hall–Kier alpha value is -3.41. The van der Waals surface area contributed by atoms with Crippen LogP contribution in [0.5, 0.6) is 0 Å². The van der Waals surface area contributed by atoms with E-state index in [0.717, 1.165) is 27.9 Å². The fourth-order valence-corrected chi connectivity index (χ4v) is 2.85. The summed E-state index contributed by atoms with van der Waals surface area (Å²) in [7, 11) is 0. The monoisotopic (exact) mass is 320 g/mol. The number of carbonyl (C=O) groups excluding carboxylic acids is 1. The molecule has 0 saturated carbocycles.